The molecule has 0 aromatic heterocycles. The van der Waals surface area contributed by atoms with Gasteiger partial charge in [-0.25, -0.2) is 0 Å². The maximum absolute atomic E-state index is 12.5. The lowest BCUT2D eigenvalue weighted by atomic mass is 10.2. The van der Waals surface area contributed by atoms with Gasteiger partial charge in [-0.05, 0) is 36.8 Å². The van der Waals surface area contributed by atoms with Gasteiger partial charge >= 0.3 is 0 Å². The second-order valence-corrected chi connectivity index (χ2v) is 7.71. The SMILES string of the molecule is COc1ccc(Oc2ccc([N+](=O)[O-])c(P(C)(=O)OC)c2)c(C)c1. The number of nitro benzene ring substituents is 1. The molecular formula is C16H18NO6P. The molecule has 1 atom stereocenters. The van der Waals surface area contributed by atoms with Crippen LogP contribution in [0.3, 0.4) is 0 Å². The Morgan fingerprint density at radius 1 is 1.08 bits per heavy atom. The molecule has 7 nitrogen and oxygen atoms in total. The first kappa shape index (κ1) is 18.0. The Morgan fingerprint density at radius 3 is 2.29 bits per heavy atom. The van der Waals surface area contributed by atoms with Crippen molar-refractivity contribution < 1.29 is 23.5 Å². The monoisotopic (exact) mass is 351 g/mol. The highest BCUT2D eigenvalue weighted by Crippen LogP contribution is 2.44. The van der Waals surface area contributed by atoms with Gasteiger partial charge in [-0.3, -0.25) is 14.7 Å². The number of benzene rings is 2. The minimum absolute atomic E-state index is 0.0127. The molecule has 2 aromatic carbocycles. The van der Waals surface area contributed by atoms with Crippen LogP contribution in [0, 0.1) is 17.0 Å². The third-order valence-corrected chi connectivity index (χ3v) is 5.47. The van der Waals surface area contributed by atoms with Crippen LogP contribution in [-0.4, -0.2) is 25.8 Å². The number of rotatable bonds is 6. The Balaban J connectivity index is 2.44. The first-order valence-corrected chi connectivity index (χ1v) is 9.10. The highest BCUT2D eigenvalue weighted by atomic mass is 31.2. The number of nitro groups is 1. The molecule has 0 aliphatic carbocycles. The highest BCUT2D eigenvalue weighted by molar-refractivity contribution is 7.66. The molecule has 24 heavy (non-hydrogen) atoms. The molecule has 0 bridgehead atoms. The molecule has 0 spiro atoms. The smallest absolute Gasteiger partial charge is 0.282 e. The molecule has 0 saturated carbocycles. The Hall–Kier alpha value is -2.37. The molecule has 0 amide bonds. The van der Waals surface area contributed by atoms with E-state index in [1.165, 1.54) is 32.0 Å². The zero-order valence-electron chi connectivity index (χ0n) is 13.8. The van der Waals surface area contributed by atoms with Crippen LogP contribution in [0.2, 0.25) is 0 Å². The normalized spacial score (nSPS) is 13.2. The van der Waals surface area contributed by atoms with Gasteiger partial charge in [0.15, 0.2) is 0 Å². The van der Waals surface area contributed by atoms with Gasteiger partial charge in [-0.15, -0.1) is 0 Å². The zero-order chi connectivity index (χ0) is 17.9. The van der Waals surface area contributed by atoms with Crippen LogP contribution in [0.15, 0.2) is 36.4 Å². The standard InChI is InChI=1S/C16H18NO6P/c1-11-9-12(21-2)6-8-15(11)23-13-5-7-14(17(18)19)16(10-13)24(4,20)22-3/h5-10H,1-4H3. The van der Waals surface area contributed by atoms with E-state index >= 15 is 0 Å². The average Bonchev–Trinajstić information content (AvgIpc) is 2.56. The second kappa shape index (κ2) is 7.03. The van der Waals surface area contributed by atoms with E-state index in [1.54, 1.807) is 19.2 Å². The van der Waals surface area contributed by atoms with Gasteiger partial charge in [0.1, 0.15) is 22.6 Å². The summed E-state index contributed by atoms with van der Waals surface area (Å²) < 4.78 is 28.3. The summed E-state index contributed by atoms with van der Waals surface area (Å²) in [6, 6.07) is 9.39. The van der Waals surface area contributed by atoms with E-state index in [9.17, 15) is 14.7 Å². The maximum Gasteiger partial charge on any atom is 0.282 e. The van der Waals surface area contributed by atoms with Crippen LogP contribution >= 0.6 is 7.37 Å². The van der Waals surface area contributed by atoms with Gasteiger partial charge in [0.25, 0.3) is 5.69 Å². The molecular weight excluding hydrogens is 333 g/mol. The lowest BCUT2D eigenvalue weighted by molar-refractivity contribution is -0.383. The maximum atomic E-state index is 12.5. The Bertz CT molecular complexity index is 820. The largest absolute Gasteiger partial charge is 0.497 e. The summed E-state index contributed by atoms with van der Waals surface area (Å²) in [5.41, 5.74) is 0.571. The van der Waals surface area contributed by atoms with Crippen molar-refractivity contribution in [2.24, 2.45) is 0 Å². The predicted molar refractivity (Wildman–Crippen MR) is 91.1 cm³/mol. The van der Waals surface area contributed by atoms with Crippen molar-refractivity contribution >= 4 is 18.4 Å². The summed E-state index contributed by atoms with van der Waals surface area (Å²) in [5, 5.41) is 11.2. The van der Waals surface area contributed by atoms with Gasteiger partial charge in [-0.2, -0.15) is 0 Å². The zero-order valence-corrected chi connectivity index (χ0v) is 14.7. The van der Waals surface area contributed by atoms with Crippen molar-refractivity contribution in [3.05, 3.63) is 52.1 Å². The number of methoxy groups -OCH3 is 1. The first-order chi connectivity index (χ1) is 11.3. The predicted octanol–water partition coefficient (Wildman–Crippen LogP) is 3.88. The molecule has 0 saturated heterocycles. The van der Waals surface area contributed by atoms with Crippen LogP contribution in [0.1, 0.15) is 5.56 Å². The molecule has 2 rings (SSSR count). The van der Waals surface area contributed by atoms with E-state index in [0.717, 1.165) is 5.56 Å². The Labute approximate surface area is 139 Å². The van der Waals surface area contributed by atoms with Gasteiger partial charge < -0.3 is 14.0 Å². The van der Waals surface area contributed by atoms with E-state index in [-0.39, 0.29) is 11.0 Å². The van der Waals surface area contributed by atoms with E-state index in [2.05, 4.69) is 0 Å². The average molecular weight is 351 g/mol. The van der Waals surface area contributed by atoms with Gasteiger partial charge in [0.2, 0.25) is 7.37 Å². The van der Waals surface area contributed by atoms with Crippen molar-refractivity contribution in [2.45, 2.75) is 6.92 Å². The molecule has 8 heteroatoms. The van der Waals surface area contributed by atoms with Gasteiger partial charge in [-0.1, -0.05) is 0 Å². The van der Waals surface area contributed by atoms with E-state index in [1.807, 2.05) is 13.0 Å². The fraction of sp³-hybridized carbons (Fsp3) is 0.250. The number of aryl methyl sites for hydroxylation is 1. The Morgan fingerprint density at radius 2 is 1.75 bits per heavy atom. The lowest BCUT2D eigenvalue weighted by Gasteiger charge is -2.14. The summed E-state index contributed by atoms with van der Waals surface area (Å²) in [4.78, 5) is 10.6. The third-order valence-electron chi connectivity index (χ3n) is 3.54. The fourth-order valence-corrected chi connectivity index (χ4v) is 3.27. The summed E-state index contributed by atoms with van der Waals surface area (Å²) in [6.07, 6.45) is 0. The second-order valence-electron chi connectivity index (χ2n) is 5.17. The van der Waals surface area contributed by atoms with E-state index < -0.39 is 12.3 Å². The molecule has 0 fully saturated rings. The summed E-state index contributed by atoms with van der Waals surface area (Å²) in [6.45, 7) is 3.18. The fourth-order valence-electron chi connectivity index (χ4n) is 2.14. The summed E-state index contributed by atoms with van der Waals surface area (Å²) in [5.74, 6) is 1.60. The molecule has 128 valence electrons. The van der Waals surface area contributed by atoms with Crippen molar-refractivity contribution in [3.8, 4) is 17.2 Å². The highest BCUT2D eigenvalue weighted by Gasteiger charge is 2.28. The van der Waals surface area contributed by atoms with Gasteiger partial charge in [0.05, 0.1) is 12.0 Å². The molecule has 2 aromatic rings. The number of hydrogen-bond acceptors (Lipinski definition) is 6. The number of nitrogens with zero attached hydrogens (tertiary/aromatic N) is 1. The van der Waals surface area contributed by atoms with Crippen LogP contribution in [0.25, 0.3) is 0 Å². The topological polar surface area (TPSA) is 87.9 Å². The van der Waals surface area contributed by atoms with Crippen LogP contribution < -0.4 is 14.8 Å². The molecule has 0 radical (unpaired) electrons. The summed E-state index contributed by atoms with van der Waals surface area (Å²) in [7, 11) is -0.489. The van der Waals surface area contributed by atoms with Gasteiger partial charge in [0, 0.05) is 25.9 Å². The number of ether oxygens (including phenoxy) is 2. The van der Waals surface area contributed by atoms with E-state index in [0.29, 0.717) is 17.2 Å². The molecule has 0 aliphatic heterocycles. The number of hydrogen-bond donors (Lipinski definition) is 0. The van der Waals surface area contributed by atoms with Crippen molar-refractivity contribution in [1.29, 1.82) is 0 Å². The van der Waals surface area contributed by atoms with Crippen molar-refractivity contribution in [1.82, 2.24) is 0 Å². The minimum atomic E-state index is -3.32. The van der Waals surface area contributed by atoms with Crippen LogP contribution in [0.5, 0.6) is 17.2 Å². The van der Waals surface area contributed by atoms with Crippen LogP contribution in [0.4, 0.5) is 5.69 Å². The van der Waals surface area contributed by atoms with Crippen molar-refractivity contribution in [3.63, 3.8) is 0 Å². The van der Waals surface area contributed by atoms with Crippen molar-refractivity contribution in [2.75, 3.05) is 20.9 Å². The molecule has 0 aliphatic rings. The third kappa shape index (κ3) is 3.75. The molecule has 0 heterocycles. The quantitative estimate of drug-likeness (QED) is 0.446. The Kier molecular flexibility index (Phi) is 5.26. The first-order valence-electron chi connectivity index (χ1n) is 7.03. The molecule has 1 unspecified atom stereocenters. The van der Waals surface area contributed by atoms with Crippen LogP contribution in [-0.2, 0) is 9.09 Å². The lowest BCUT2D eigenvalue weighted by Crippen LogP contribution is -2.11. The minimum Gasteiger partial charge on any atom is -0.497 e. The summed E-state index contributed by atoms with van der Waals surface area (Å²) >= 11 is 0. The molecule has 0 N–H and O–H groups in total. The van der Waals surface area contributed by atoms with E-state index in [4.69, 9.17) is 14.0 Å².